The summed E-state index contributed by atoms with van der Waals surface area (Å²) < 4.78 is 0. The van der Waals surface area contributed by atoms with E-state index in [1.165, 1.54) is 0 Å². The number of carboxylic acids is 1. The van der Waals surface area contributed by atoms with Gasteiger partial charge in [-0.05, 0) is 6.54 Å². The van der Waals surface area contributed by atoms with Gasteiger partial charge in [-0.25, -0.2) is 4.79 Å². The van der Waals surface area contributed by atoms with E-state index in [9.17, 15) is 4.79 Å². The quantitative estimate of drug-likeness (QED) is 0.552. The predicted molar refractivity (Wildman–Crippen MR) is 46.0 cm³/mol. The minimum atomic E-state index is -0.935. The van der Waals surface area contributed by atoms with Crippen molar-refractivity contribution in [3.05, 3.63) is 12.2 Å². The predicted octanol–water partition coefficient (Wildman–Crippen LogP) is -0.0586. The van der Waals surface area contributed by atoms with Crippen LogP contribution < -0.4 is 0 Å². The molecule has 0 heterocycles. The van der Waals surface area contributed by atoms with Gasteiger partial charge in [-0.15, -0.1) is 0 Å². The van der Waals surface area contributed by atoms with Crippen molar-refractivity contribution in [3.8, 4) is 0 Å². The van der Waals surface area contributed by atoms with Crippen LogP contribution in [0, 0.1) is 0 Å². The molecule has 0 aromatic carbocycles. The van der Waals surface area contributed by atoms with Crippen molar-refractivity contribution >= 4 is 5.97 Å². The first-order valence-electron chi connectivity index (χ1n) is 3.93. The molecule has 4 nitrogen and oxygen atoms in total. The number of nitrogens with zero attached hydrogens (tertiary/aromatic N) is 1. The van der Waals surface area contributed by atoms with Gasteiger partial charge in [0.05, 0.1) is 6.61 Å². The first-order chi connectivity index (χ1) is 5.70. The molecule has 0 unspecified atom stereocenters. The summed E-state index contributed by atoms with van der Waals surface area (Å²) in [6, 6.07) is 0. The third kappa shape index (κ3) is 5.88. The Hall–Kier alpha value is -0.870. The first-order valence-corrected chi connectivity index (χ1v) is 3.93. The molecular formula is C8H15NO3. The second-order valence-corrected chi connectivity index (χ2v) is 2.36. The van der Waals surface area contributed by atoms with E-state index >= 15 is 0 Å². The minimum Gasteiger partial charge on any atom is -0.478 e. The van der Waals surface area contributed by atoms with E-state index in [1.807, 2.05) is 11.8 Å². The summed E-state index contributed by atoms with van der Waals surface area (Å²) >= 11 is 0. The molecule has 2 N–H and O–H groups in total. The zero-order chi connectivity index (χ0) is 9.40. The number of aliphatic hydroxyl groups is 1. The second kappa shape index (κ2) is 6.82. The Morgan fingerprint density at radius 1 is 1.58 bits per heavy atom. The summed E-state index contributed by atoms with van der Waals surface area (Å²) in [6.45, 7) is 4.04. The number of likely N-dealkylation sites (N-methyl/N-ethyl adjacent to an activating group) is 1. The van der Waals surface area contributed by atoms with Gasteiger partial charge < -0.3 is 10.2 Å². The average Bonchev–Trinajstić information content (AvgIpc) is 2.02. The van der Waals surface area contributed by atoms with Crippen LogP contribution >= 0.6 is 0 Å². The lowest BCUT2D eigenvalue weighted by Crippen LogP contribution is -2.26. The highest BCUT2D eigenvalue weighted by molar-refractivity contribution is 5.79. The lowest BCUT2D eigenvalue weighted by molar-refractivity contribution is -0.131. The van der Waals surface area contributed by atoms with Crippen LogP contribution in [0.4, 0.5) is 0 Å². The molecule has 0 aromatic rings. The van der Waals surface area contributed by atoms with Crippen LogP contribution in [0.15, 0.2) is 12.2 Å². The molecule has 0 aliphatic rings. The molecular weight excluding hydrogens is 158 g/mol. The van der Waals surface area contributed by atoms with E-state index < -0.39 is 5.97 Å². The Morgan fingerprint density at radius 2 is 2.25 bits per heavy atom. The van der Waals surface area contributed by atoms with E-state index in [-0.39, 0.29) is 6.61 Å². The molecule has 0 spiro atoms. The van der Waals surface area contributed by atoms with Crippen molar-refractivity contribution in [1.82, 2.24) is 4.90 Å². The Morgan fingerprint density at radius 3 is 2.67 bits per heavy atom. The van der Waals surface area contributed by atoms with Crippen LogP contribution in [0.1, 0.15) is 6.92 Å². The van der Waals surface area contributed by atoms with Gasteiger partial charge >= 0.3 is 5.97 Å². The standard InChI is InChI=1S/C8H15NO3/c1-2-9(6-7-10)5-3-4-8(11)12/h3-4,10H,2,5-7H2,1H3,(H,11,12). The van der Waals surface area contributed by atoms with Crippen LogP contribution in [0.2, 0.25) is 0 Å². The van der Waals surface area contributed by atoms with Crippen LogP contribution in [0.5, 0.6) is 0 Å². The lowest BCUT2D eigenvalue weighted by Gasteiger charge is -2.15. The Bertz CT molecular complexity index is 156. The fourth-order valence-corrected chi connectivity index (χ4v) is 0.823. The number of carboxylic acid groups (broad SMARTS) is 1. The van der Waals surface area contributed by atoms with Gasteiger partial charge in [0.15, 0.2) is 0 Å². The van der Waals surface area contributed by atoms with Gasteiger partial charge in [-0.1, -0.05) is 13.0 Å². The molecule has 0 bridgehead atoms. The molecule has 0 saturated heterocycles. The van der Waals surface area contributed by atoms with E-state index in [0.29, 0.717) is 13.1 Å². The Kier molecular flexibility index (Phi) is 6.32. The molecule has 0 aromatic heterocycles. The van der Waals surface area contributed by atoms with Crippen molar-refractivity contribution in [2.45, 2.75) is 6.92 Å². The second-order valence-electron chi connectivity index (χ2n) is 2.36. The minimum absolute atomic E-state index is 0.106. The highest BCUT2D eigenvalue weighted by Crippen LogP contribution is 1.87. The summed E-state index contributed by atoms with van der Waals surface area (Å²) in [7, 11) is 0. The summed E-state index contributed by atoms with van der Waals surface area (Å²) in [6.07, 6.45) is 2.68. The Labute approximate surface area is 72.1 Å². The molecule has 0 radical (unpaired) electrons. The molecule has 12 heavy (non-hydrogen) atoms. The highest BCUT2D eigenvalue weighted by Gasteiger charge is 1.97. The maximum absolute atomic E-state index is 10.1. The first kappa shape index (κ1) is 11.1. The molecule has 4 heteroatoms. The van der Waals surface area contributed by atoms with E-state index in [0.717, 1.165) is 12.6 Å². The van der Waals surface area contributed by atoms with Crippen molar-refractivity contribution in [2.75, 3.05) is 26.2 Å². The summed E-state index contributed by atoms with van der Waals surface area (Å²) in [5, 5.41) is 16.9. The maximum Gasteiger partial charge on any atom is 0.328 e. The van der Waals surface area contributed by atoms with E-state index in [1.54, 1.807) is 6.08 Å². The maximum atomic E-state index is 10.1. The number of hydrogen-bond donors (Lipinski definition) is 2. The van der Waals surface area contributed by atoms with E-state index in [4.69, 9.17) is 10.2 Å². The molecule has 0 atom stereocenters. The summed E-state index contributed by atoms with van der Waals surface area (Å²) in [4.78, 5) is 12.0. The van der Waals surface area contributed by atoms with Crippen LogP contribution in [0.25, 0.3) is 0 Å². The number of carbonyl (C=O) groups is 1. The normalized spacial score (nSPS) is 11.2. The summed E-state index contributed by atoms with van der Waals surface area (Å²) in [5.74, 6) is -0.935. The molecule has 0 fully saturated rings. The van der Waals surface area contributed by atoms with Crippen molar-refractivity contribution in [1.29, 1.82) is 0 Å². The molecule has 0 aliphatic carbocycles. The van der Waals surface area contributed by atoms with Crippen LogP contribution in [-0.4, -0.2) is 47.3 Å². The van der Waals surface area contributed by atoms with Crippen molar-refractivity contribution < 1.29 is 15.0 Å². The van der Waals surface area contributed by atoms with Gasteiger partial charge in [0, 0.05) is 19.2 Å². The highest BCUT2D eigenvalue weighted by atomic mass is 16.4. The zero-order valence-corrected chi connectivity index (χ0v) is 7.23. The number of rotatable bonds is 6. The van der Waals surface area contributed by atoms with Gasteiger partial charge in [0.2, 0.25) is 0 Å². The summed E-state index contributed by atoms with van der Waals surface area (Å²) in [5.41, 5.74) is 0. The van der Waals surface area contributed by atoms with Crippen LogP contribution in [0.3, 0.4) is 0 Å². The third-order valence-electron chi connectivity index (χ3n) is 1.49. The third-order valence-corrected chi connectivity index (χ3v) is 1.49. The molecule has 0 aliphatic heterocycles. The number of aliphatic hydroxyl groups excluding tert-OH is 1. The van der Waals surface area contributed by atoms with Crippen LogP contribution in [-0.2, 0) is 4.79 Å². The lowest BCUT2D eigenvalue weighted by atomic mass is 10.4. The molecule has 0 saturated carbocycles. The number of aliphatic carboxylic acids is 1. The van der Waals surface area contributed by atoms with Crippen molar-refractivity contribution in [3.63, 3.8) is 0 Å². The molecule has 0 amide bonds. The Balaban J connectivity index is 3.63. The topological polar surface area (TPSA) is 60.8 Å². The van der Waals surface area contributed by atoms with Gasteiger partial charge in [-0.2, -0.15) is 0 Å². The zero-order valence-electron chi connectivity index (χ0n) is 7.23. The molecule has 0 rings (SSSR count). The van der Waals surface area contributed by atoms with Gasteiger partial charge in [0.1, 0.15) is 0 Å². The monoisotopic (exact) mass is 173 g/mol. The fourth-order valence-electron chi connectivity index (χ4n) is 0.823. The number of hydrogen-bond acceptors (Lipinski definition) is 3. The van der Waals surface area contributed by atoms with E-state index in [2.05, 4.69) is 0 Å². The average molecular weight is 173 g/mol. The SMILES string of the molecule is CCN(CC=CC(=O)O)CCO. The van der Waals surface area contributed by atoms with Crippen molar-refractivity contribution in [2.24, 2.45) is 0 Å². The van der Waals surface area contributed by atoms with Gasteiger partial charge in [-0.3, -0.25) is 4.90 Å². The fraction of sp³-hybridized carbons (Fsp3) is 0.625. The smallest absolute Gasteiger partial charge is 0.328 e. The largest absolute Gasteiger partial charge is 0.478 e. The van der Waals surface area contributed by atoms with Gasteiger partial charge in [0.25, 0.3) is 0 Å². The molecule has 70 valence electrons.